The van der Waals surface area contributed by atoms with Crippen LogP contribution in [0.4, 0.5) is 4.79 Å². The van der Waals surface area contributed by atoms with Crippen molar-refractivity contribution < 1.29 is 19.1 Å². The molecule has 0 fully saturated rings. The van der Waals surface area contributed by atoms with Gasteiger partial charge >= 0.3 is 12.1 Å². The molecule has 130 valence electrons. The van der Waals surface area contributed by atoms with Crippen LogP contribution in [0, 0.1) is 0 Å². The van der Waals surface area contributed by atoms with Gasteiger partial charge in [-0.25, -0.2) is 4.79 Å². The Labute approximate surface area is 139 Å². The van der Waals surface area contributed by atoms with Crippen molar-refractivity contribution in [3.05, 3.63) is 12.7 Å². The van der Waals surface area contributed by atoms with Crippen LogP contribution in [0.1, 0.15) is 47.5 Å². The van der Waals surface area contributed by atoms with Crippen LogP contribution in [-0.4, -0.2) is 42.3 Å². The summed E-state index contributed by atoms with van der Waals surface area (Å²) in [7, 11) is 1.25. The van der Waals surface area contributed by atoms with E-state index in [1.54, 1.807) is 20.8 Å². The first kappa shape index (κ1) is 23.1. The fourth-order valence-electron chi connectivity index (χ4n) is 1.08. The van der Waals surface area contributed by atoms with Crippen LogP contribution < -0.4 is 5.32 Å². The predicted octanol–water partition coefficient (Wildman–Crippen LogP) is 3.78. The van der Waals surface area contributed by atoms with Crippen LogP contribution in [-0.2, 0) is 14.3 Å². The summed E-state index contributed by atoms with van der Waals surface area (Å²) >= 11 is 2.02. The standard InChI is InChI=1S/C8H15NO4.C8H16S/c1-8(2,3)13-7(11)9-5-6(10)12-4;1-4-5-6-7-9-8(2)3/h5H2,1-4H3,(H,9,11);4,8H,1,5-7H2,2-3H3. The van der Waals surface area contributed by atoms with Gasteiger partial charge in [0.25, 0.3) is 0 Å². The monoisotopic (exact) mass is 333 g/mol. The molecule has 0 aliphatic heterocycles. The van der Waals surface area contributed by atoms with Gasteiger partial charge in [0.05, 0.1) is 7.11 Å². The summed E-state index contributed by atoms with van der Waals surface area (Å²) in [5.41, 5.74) is -0.555. The average Bonchev–Trinajstić information content (AvgIpc) is 2.39. The van der Waals surface area contributed by atoms with E-state index in [9.17, 15) is 9.59 Å². The lowest BCUT2D eigenvalue weighted by Gasteiger charge is -2.19. The van der Waals surface area contributed by atoms with Crippen LogP contribution in [0.5, 0.6) is 0 Å². The van der Waals surface area contributed by atoms with Crippen LogP contribution in [0.25, 0.3) is 0 Å². The molecular formula is C16H31NO4S. The number of esters is 1. The van der Waals surface area contributed by atoms with E-state index in [1.165, 1.54) is 25.7 Å². The number of rotatable bonds is 7. The van der Waals surface area contributed by atoms with Crippen LogP contribution in [0.2, 0.25) is 0 Å². The molecule has 0 rings (SSSR count). The third kappa shape index (κ3) is 21.1. The van der Waals surface area contributed by atoms with E-state index < -0.39 is 17.7 Å². The maximum absolute atomic E-state index is 10.9. The molecule has 0 atom stereocenters. The maximum atomic E-state index is 10.9. The van der Waals surface area contributed by atoms with Crippen molar-refractivity contribution in [3.8, 4) is 0 Å². The number of hydrogen-bond donors (Lipinski definition) is 1. The molecule has 0 unspecified atom stereocenters. The van der Waals surface area contributed by atoms with Gasteiger partial charge in [-0.1, -0.05) is 19.9 Å². The molecule has 0 aromatic carbocycles. The Balaban J connectivity index is 0. The fourth-order valence-corrected chi connectivity index (χ4v) is 1.88. The van der Waals surface area contributed by atoms with Gasteiger partial charge in [-0.05, 0) is 44.6 Å². The molecule has 1 N–H and O–H groups in total. The maximum Gasteiger partial charge on any atom is 0.408 e. The summed E-state index contributed by atoms with van der Waals surface area (Å²) in [6.07, 6.45) is 3.81. The molecule has 0 saturated carbocycles. The van der Waals surface area contributed by atoms with Crippen LogP contribution in [0.15, 0.2) is 12.7 Å². The van der Waals surface area contributed by atoms with Gasteiger partial charge in [-0.3, -0.25) is 4.79 Å². The molecule has 0 spiro atoms. The highest BCUT2D eigenvalue weighted by atomic mass is 32.2. The largest absolute Gasteiger partial charge is 0.468 e. The lowest BCUT2D eigenvalue weighted by atomic mass is 10.2. The topological polar surface area (TPSA) is 64.6 Å². The van der Waals surface area contributed by atoms with Gasteiger partial charge in [-0.2, -0.15) is 11.8 Å². The molecule has 1 amide bonds. The normalized spacial score (nSPS) is 10.3. The molecule has 0 heterocycles. The zero-order chi connectivity index (χ0) is 17.6. The number of amides is 1. The molecule has 0 radical (unpaired) electrons. The lowest BCUT2D eigenvalue weighted by molar-refractivity contribution is -0.139. The Hall–Kier alpha value is -1.17. The second-order valence-corrected chi connectivity index (χ2v) is 7.47. The molecule has 0 aromatic heterocycles. The summed E-state index contributed by atoms with van der Waals surface area (Å²) in [6.45, 7) is 13.2. The van der Waals surface area contributed by atoms with Crippen LogP contribution in [0.3, 0.4) is 0 Å². The third-order valence-electron chi connectivity index (χ3n) is 2.01. The summed E-state index contributed by atoms with van der Waals surface area (Å²) in [4.78, 5) is 21.5. The summed E-state index contributed by atoms with van der Waals surface area (Å²) in [5, 5.41) is 3.04. The van der Waals surface area contributed by atoms with Gasteiger partial charge in [-0.15, -0.1) is 6.58 Å². The van der Waals surface area contributed by atoms with E-state index in [-0.39, 0.29) is 6.54 Å². The number of thioether (sulfide) groups is 1. The van der Waals surface area contributed by atoms with Crippen molar-refractivity contribution in [1.82, 2.24) is 5.32 Å². The second kappa shape index (κ2) is 13.5. The van der Waals surface area contributed by atoms with E-state index in [0.29, 0.717) is 0 Å². The fraction of sp³-hybridized carbons (Fsp3) is 0.750. The highest BCUT2D eigenvalue weighted by Gasteiger charge is 2.16. The molecule has 0 aromatic rings. The number of carbonyl (C=O) groups is 2. The van der Waals surface area contributed by atoms with Gasteiger partial charge in [0.15, 0.2) is 0 Å². The summed E-state index contributed by atoms with van der Waals surface area (Å²) < 4.78 is 9.20. The van der Waals surface area contributed by atoms with Crippen LogP contribution >= 0.6 is 11.8 Å². The average molecular weight is 333 g/mol. The quantitative estimate of drug-likeness (QED) is 0.436. The minimum atomic E-state index is -0.627. The van der Waals surface area contributed by atoms with E-state index in [0.717, 1.165) is 5.25 Å². The van der Waals surface area contributed by atoms with Gasteiger partial charge in [0.2, 0.25) is 0 Å². The SMILES string of the molecule is C=CCCCSC(C)C.COC(=O)CNC(=O)OC(C)(C)C. The smallest absolute Gasteiger partial charge is 0.408 e. The molecule has 0 aliphatic carbocycles. The number of alkyl carbamates (subject to hydrolysis) is 1. The lowest BCUT2D eigenvalue weighted by Crippen LogP contribution is -2.35. The molecule has 22 heavy (non-hydrogen) atoms. The molecular weight excluding hydrogens is 302 g/mol. The number of ether oxygens (including phenoxy) is 2. The van der Waals surface area contributed by atoms with E-state index in [4.69, 9.17) is 4.74 Å². The van der Waals surface area contributed by atoms with E-state index in [1.807, 2.05) is 17.8 Å². The molecule has 0 bridgehead atoms. The molecule has 5 nitrogen and oxygen atoms in total. The predicted molar refractivity (Wildman–Crippen MR) is 93.3 cm³/mol. The third-order valence-corrected chi connectivity index (χ3v) is 3.20. The Bertz CT molecular complexity index is 325. The Morgan fingerprint density at radius 3 is 2.32 bits per heavy atom. The number of methoxy groups -OCH3 is 1. The summed E-state index contributed by atoms with van der Waals surface area (Å²) in [6, 6.07) is 0. The molecule has 0 saturated heterocycles. The number of carbonyl (C=O) groups excluding carboxylic acids is 2. The number of nitrogens with one attached hydrogen (secondary N) is 1. The van der Waals surface area contributed by atoms with Crippen molar-refractivity contribution in [1.29, 1.82) is 0 Å². The minimum Gasteiger partial charge on any atom is -0.468 e. The van der Waals surface area contributed by atoms with Crippen molar-refractivity contribution in [2.45, 2.75) is 58.3 Å². The Morgan fingerprint density at radius 2 is 1.91 bits per heavy atom. The van der Waals surface area contributed by atoms with Crippen molar-refractivity contribution in [2.24, 2.45) is 0 Å². The van der Waals surface area contributed by atoms with Crippen molar-refractivity contribution in [2.75, 3.05) is 19.4 Å². The molecule has 6 heteroatoms. The zero-order valence-electron chi connectivity index (χ0n) is 14.7. The van der Waals surface area contributed by atoms with E-state index in [2.05, 4.69) is 30.5 Å². The Morgan fingerprint density at radius 1 is 1.32 bits per heavy atom. The summed E-state index contributed by atoms with van der Waals surface area (Å²) in [5.74, 6) is 0.773. The van der Waals surface area contributed by atoms with Crippen molar-refractivity contribution in [3.63, 3.8) is 0 Å². The number of unbranched alkanes of at least 4 members (excludes halogenated alkanes) is 1. The highest BCUT2D eigenvalue weighted by Crippen LogP contribution is 2.11. The second-order valence-electron chi connectivity index (χ2n) is 5.78. The van der Waals surface area contributed by atoms with Gasteiger partial charge < -0.3 is 14.8 Å². The first-order chi connectivity index (χ1) is 10.1. The minimum absolute atomic E-state index is 0.175. The highest BCUT2D eigenvalue weighted by molar-refractivity contribution is 7.99. The molecule has 0 aliphatic rings. The van der Waals surface area contributed by atoms with Gasteiger partial charge in [0, 0.05) is 0 Å². The van der Waals surface area contributed by atoms with Crippen molar-refractivity contribution >= 4 is 23.8 Å². The number of allylic oxidation sites excluding steroid dienone is 1. The Kier molecular flexibility index (Phi) is 14.2. The van der Waals surface area contributed by atoms with E-state index >= 15 is 0 Å². The van der Waals surface area contributed by atoms with Gasteiger partial charge in [0.1, 0.15) is 12.1 Å². The zero-order valence-corrected chi connectivity index (χ0v) is 15.5. The number of hydrogen-bond acceptors (Lipinski definition) is 5. The first-order valence-corrected chi connectivity index (χ1v) is 8.43. The first-order valence-electron chi connectivity index (χ1n) is 7.38.